The van der Waals surface area contributed by atoms with Crippen molar-refractivity contribution in [2.45, 2.75) is 0 Å². The number of amides is 2. The molecule has 0 aliphatic carbocycles. The van der Waals surface area contributed by atoms with Crippen LogP contribution in [-0.2, 0) is 0 Å². The third-order valence-corrected chi connectivity index (χ3v) is 4.08. The highest BCUT2D eigenvalue weighted by Crippen LogP contribution is 2.24. The van der Waals surface area contributed by atoms with Crippen LogP contribution in [0.1, 0.15) is 20.7 Å². The largest absolute Gasteiger partial charge is 0.422 e. The average Bonchev–Trinajstić information content (AvgIpc) is 3.01. The molecule has 0 saturated heterocycles. The Balaban J connectivity index is 1.95. The van der Waals surface area contributed by atoms with E-state index in [4.69, 9.17) is 4.42 Å². The minimum Gasteiger partial charge on any atom is -0.422 e. The molecule has 3 rings (SSSR count). The lowest BCUT2D eigenvalue weighted by molar-refractivity contribution is 0.0964. The Kier molecular flexibility index (Phi) is 3.94. The summed E-state index contributed by atoms with van der Waals surface area (Å²) in [6, 6.07) is 10.0. The van der Waals surface area contributed by atoms with Gasteiger partial charge in [0.15, 0.2) is 0 Å². The Morgan fingerprint density at radius 2 is 1.87 bits per heavy atom. The van der Waals surface area contributed by atoms with Crippen molar-refractivity contribution in [1.29, 1.82) is 0 Å². The highest BCUT2D eigenvalue weighted by atomic mass is 32.1. The standard InChI is InChI=1S/C16H12N2O4S/c1-17-13(19)10-6-7-23-15(10)18-14(20)11-8-9-4-2-3-5-12(9)22-16(11)21/h2-8H,1H3,(H,17,19)(H,18,20). The van der Waals surface area contributed by atoms with Gasteiger partial charge in [-0.3, -0.25) is 9.59 Å². The molecule has 0 radical (unpaired) electrons. The van der Waals surface area contributed by atoms with Crippen molar-refractivity contribution < 1.29 is 14.0 Å². The lowest BCUT2D eigenvalue weighted by Gasteiger charge is -2.05. The summed E-state index contributed by atoms with van der Waals surface area (Å²) in [6.07, 6.45) is 0. The predicted octanol–water partition coefficient (Wildman–Crippen LogP) is 2.47. The number of fused-ring (bicyclic) bond motifs is 1. The predicted molar refractivity (Wildman–Crippen MR) is 88.1 cm³/mol. The maximum atomic E-state index is 12.3. The third kappa shape index (κ3) is 2.86. The van der Waals surface area contributed by atoms with Gasteiger partial charge in [0.2, 0.25) is 0 Å². The van der Waals surface area contributed by atoms with Crippen LogP contribution in [0.5, 0.6) is 0 Å². The Labute approximate surface area is 134 Å². The minimum absolute atomic E-state index is 0.111. The van der Waals surface area contributed by atoms with Crippen LogP contribution in [0.25, 0.3) is 11.0 Å². The molecule has 116 valence electrons. The number of thiophene rings is 1. The minimum atomic E-state index is -0.723. The van der Waals surface area contributed by atoms with Crippen molar-refractivity contribution in [3.05, 3.63) is 63.3 Å². The number of hydrogen-bond donors (Lipinski definition) is 2. The fourth-order valence-electron chi connectivity index (χ4n) is 2.11. The van der Waals surface area contributed by atoms with Crippen LogP contribution in [0.3, 0.4) is 0 Å². The smallest absolute Gasteiger partial charge is 0.349 e. The normalized spacial score (nSPS) is 10.5. The highest BCUT2D eigenvalue weighted by Gasteiger charge is 2.18. The summed E-state index contributed by atoms with van der Waals surface area (Å²) in [5.74, 6) is -0.927. The molecule has 2 amide bonds. The molecule has 0 atom stereocenters. The Hall–Kier alpha value is -2.93. The first-order valence-corrected chi connectivity index (χ1v) is 7.62. The zero-order valence-corrected chi connectivity index (χ0v) is 12.9. The van der Waals surface area contributed by atoms with E-state index in [9.17, 15) is 14.4 Å². The SMILES string of the molecule is CNC(=O)c1ccsc1NC(=O)c1cc2ccccc2oc1=O. The van der Waals surface area contributed by atoms with Gasteiger partial charge in [-0.25, -0.2) is 4.79 Å². The number of anilines is 1. The van der Waals surface area contributed by atoms with Crippen molar-refractivity contribution in [3.8, 4) is 0 Å². The van der Waals surface area contributed by atoms with Gasteiger partial charge in [-0.15, -0.1) is 11.3 Å². The van der Waals surface area contributed by atoms with Crippen LogP contribution in [0, 0.1) is 0 Å². The summed E-state index contributed by atoms with van der Waals surface area (Å²) in [5, 5.41) is 7.79. The van der Waals surface area contributed by atoms with Gasteiger partial charge in [0.05, 0.1) is 5.56 Å². The van der Waals surface area contributed by atoms with Gasteiger partial charge in [0.25, 0.3) is 11.8 Å². The van der Waals surface area contributed by atoms with E-state index in [1.807, 2.05) is 0 Å². The zero-order valence-electron chi connectivity index (χ0n) is 12.1. The average molecular weight is 328 g/mol. The molecule has 7 heteroatoms. The topological polar surface area (TPSA) is 88.4 Å². The van der Waals surface area contributed by atoms with Crippen molar-refractivity contribution in [3.63, 3.8) is 0 Å². The third-order valence-electron chi connectivity index (χ3n) is 3.25. The molecule has 0 spiro atoms. The molecule has 1 aromatic carbocycles. The lowest BCUT2D eigenvalue weighted by atomic mass is 10.2. The van der Waals surface area contributed by atoms with Crippen molar-refractivity contribution in [2.75, 3.05) is 12.4 Å². The van der Waals surface area contributed by atoms with E-state index >= 15 is 0 Å². The summed E-state index contributed by atoms with van der Waals surface area (Å²) < 4.78 is 5.14. The Morgan fingerprint density at radius 1 is 1.09 bits per heavy atom. The van der Waals surface area contributed by atoms with E-state index in [1.165, 1.54) is 24.5 Å². The number of para-hydroxylation sites is 1. The van der Waals surface area contributed by atoms with Crippen LogP contribution >= 0.6 is 11.3 Å². The molecular formula is C16H12N2O4S. The number of hydrogen-bond acceptors (Lipinski definition) is 5. The van der Waals surface area contributed by atoms with Gasteiger partial charge < -0.3 is 15.1 Å². The summed E-state index contributed by atoms with van der Waals surface area (Å²) in [4.78, 5) is 36.0. The van der Waals surface area contributed by atoms with Crippen LogP contribution in [0.2, 0.25) is 0 Å². The molecule has 0 aliphatic rings. The maximum Gasteiger partial charge on any atom is 0.349 e. The van der Waals surface area contributed by atoms with Crippen LogP contribution in [-0.4, -0.2) is 18.9 Å². The molecule has 23 heavy (non-hydrogen) atoms. The molecular weight excluding hydrogens is 316 g/mol. The van der Waals surface area contributed by atoms with Gasteiger partial charge in [-0.05, 0) is 23.6 Å². The van der Waals surface area contributed by atoms with Gasteiger partial charge in [0.1, 0.15) is 16.1 Å². The lowest BCUT2D eigenvalue weighted by Crippen LogP contribution is -2.23. The fourth-order valence-corrected chi connectivity index (χ4v) is 2.89. The van der Waals surface area contributed by atoms with E-state index in [2.05, 4.69) is 10.6 Å². The van der Waals surface area contributed by atoms with Crippen LogP contribution in [0.15, 0.2) is 51.0 Å². The Bertz CT molecular complexity index is 958. The van der Waals surface area contributed by atoms with E-state index in [0.29, 0.717) is 21.5 Å². The van der Waals surface area contributed by atoms with E-state index in [0.717, 1.165) is 0 Å². The molecule has 0 saturated carbocycles. The Morgan fingerprint density at radius 3 is 2.65 bits per heavy atom. The second-order valence-electron chi connectivity index (χ2n) is 4.68. The molecule has 3 aromatic rings. The monoisotopic (exact) mass is 328 g/mol. The maximum absolute atomic E-state index is 12.3. The van der Waals surface area contributed by atoms with Gasteiger partial charge in [0, 0.05) is 12.4 Å². The van der Waals surface area contributed by atoms with Crippen LogP contribution in [0.4, 0.5) is 5.00 Å². The van der Waals surface area contributed by atoms with Gasteiger partial charge in [-0.1, -0.05) is 18.2 Å². The van der Waals surface area contributed by atoms with Crippen molar-refractivity contribution in [1.82, 2.24) is 5.32 Å². The second-order valence-corrected chi connectivity index (χ2v) is 5.60. The first kappa shape index (κ1) is 15.0. The number of carbonyl (C=O) groups excluding carboxylic acids is 2. The second kappa shape index (κ2) is 6.05. The zero-order chi connectivity index (χ0) is 16.4. The summed E-state index contributed by atoms with van der Waals surface area (Å²) >= 11 is 1.20. The quantitative estimate of drug-likeness (QED) is 0.723. The fraction of sp³-hybridized carbons (Fsp3) is 0.0625. The first-order valence-electron chi connectivity index (χ1n) is 6.74. The summed E-state index contributed by atoms with van der Waals surface area (Å²) in [5.41, 5.74) is -0.0774. The van der Waals surface area contributed by atoms with Crippen molar-refractivity contribution >= 4 is 39.1 Å². The van der Waals surface area contributed by atoms with Gasteiger partial charge >= 0.3 is 5.63 Å². The molecule has 2 aromatic heterocycles. The molecule has 6 nitrogen and oxygen atoms in total. The van der Waals surface area contributed by atoms with Crippen LogP contribution < -0.4 is 16.3 Å². The molecule has 2 heterocycles. The molecule has 2 N–H and O–H groups in total. The van der Waals surface area contributed by atoms with Crippen molar-refractivity contribution in [2.24, 2.45) is 0 Å². The number of benzene rings is 1. The summed E-state index contributed by atoms with van der Waals surface area (Å²) in [7, 11) is 1.50. The number of nitrogens with one attached hydrogen (secondary N) is 2. The van der Waals surface area contributed by atoms with Gasteiger partial charge in [-0.2, -0.15) is 0 Å². The van der Waals surface area contributed by atoms with E-state index in [1.54, 1.807) is 35.7 Å². The number of carbonyl (C=O) groups is 2. The summed E-state index contributed by atoms with van der Waals surface area (Å²) in [6.45, 7) is 0. The molecule has 0 aliphatic heterocycles. The highest BCUT2D eigenvalue weighted by molar-refractivity contribution is 7.14. The van der Waals surface area contributed by atoms with E-state index in [-0.39, 0.29) is 11.5 Å². The molecule has 0 bridgehead atoms. The van der Waals surface area contributed by atoms with E-state index < -0.39 is 11.5 Å². The molecule has 0 fully saturated rings. The first-order chi connectivity index (χ1) is 11.1. The molecule has 0 unspecified atom stereocenters. The number of rotatable bonds is 3.